The van der Waals surface area contributed by atoms with Gasteiger partial charge in [-0.1, -0.05) is 18.2 Å². The molecule has 3 rings (SSSR count). The van der Waals surface area contributed by atoms with Crippen molar-refractivity contribution in [1.82, 2.24) is 4.90 Å². The van der Waals surface area contributed by atoms with Gasteiger partial charge < -0.3 is 10.2 Å². The van der Waals surface area contributed by atoms with Crippen molar-refractivity contribution in [2.75, 3.05) is 31.2 Å². The van der Waals surface area contributed by atoms with Crippen molar-refractivity contribution in [2.45, 2.75) is 30.6 Å². The number of hydrogen-bond donors (Lipinski definition) is 1. The van der Waals surface area contributed by atoms with Crippen molar-refractivity contribution < 1.29 is 0 Å². The van der Waals surface area contributed by atoms with Gasteiger partial charge in [-0.2, -0.15) is 11.8 Å². The Kier molecular flexibility index (Phi) is 3.80. The number of rotatable bonds is 3. The first-order valence-corrected chi connectivity index (χ1v) is 8.23. The number of nitrogens with one attached hydrogen (secondary N) is 1. The number of likely N-dealkylation sites (tertiary alicyclic amines) is 1. The van der Waals surface area contributed by atoms with Crippen molar-refractivity contribution in [3.8, 4) is 0 Å². The third kappa shape index (κ3) is 2.67. The van der Waals surface area contributed by atoms with E-state index in [4.69, 9.17) is 0 Å². The molecule has 0 radical (unpaired) electrons. The molecule has 2 aliphatic rings. The predicted octanol–water partition coefficient (Wildman–Crippen LogP) is 2.85. The van der Waals surface area contributed by atoms with Crippen LogP contribution in [0.5, 0.6) is 0 Å². The second kappa shape index (κ2) is 5.54. The summed E-state index contributed by atoms with van der Waals surface area (Å²) < 4.78 is 0. The maximum atomic E-state index is 3.66. The highest BCUT2D eigenvalue weighted by Crippen LogP contribution is 2.27. The molecular weight excluding hydrogens is 240 g/mol. The van der Waals surface area contributed by atoms with Gasteiger partial charge in [-0.3, -0.25) is 0 Å². The van der Waals surface area contributed by atoms with Gasteiger partial charge >= 0.3 is 0 Å². The van der Waals surface area contributed by atoms with E-state index in [1.54, 1.807) is 0 Å². The van der Waals surface area contributed by atoms with Crippen LogP contribution < -0.4 is 5.32 Å². The van der Waals surface area contributed by atoms with Crippen molar-refractivity contribution in [2.24, 2.45) is 0 Å². The smallest absolute Gasteiger partial charge is 0.0429 e. The van der Waals surface area contributed by atoms with Crippen LogP contribution in [0.25, 0.3) is 0 Å². The Hall–Kier alpha value is -0.670. The van der Waals surface area contributed by atoms with E-state index in [1.807, 2.05) is 11.8 Å². The average Bonchev–Trinajstić information content (AvgIpc) is 2.82. The van der Waals surface area contributed by atoms with Crippen LogP contribution >= 0.6 is 11.8 Å². The molecule has 0 saturated carbocycles. The largest absolute Gasteiger partial charge is 0.380 e. The monoisotopic (exact) mass is 262 g/mol. The molecule has 98 valence electrons. The maximum Gasteiger partial charge on any atom is 0.0429 e. The standard InChI is InChI=1S/C15H22N2S/c1-18-14-6-8-17(9-7-14)11-13-10-12-4-2-3-5-15(12)16-13/h2-5,13-14,16H,6-11H2,1H3. The minimum Gasteiger partial charge on any atom is -0.380 e. The van der Waals surface area contributed by atoms with Gasteiger partial charge in [0.2, 0.25) is 0 Å². The van der Waals surface area contributed by atoms with Crippen LogP contribution in [-0.4, -0.2) is 42.1 Å². The van der Waals surface area contributed by atoms with Crippen LogP contribution in [0.4, 0.5) is 5.69 Å². The predicted molar refractivity (Wildman–Crippen MR) is 80.5 cm³/mol. The molecule has 1 aromatic rings. The number of nitrogens with zero attached hydrogens (tertiary/aromatic N) is 1. The van der Waals surface area contributed by atoms with E-state index in [9.17, 15) is 0 Å². The summed E-state index contributed by atoms with van der Waals surface area (Å²) in [6.07, 6.45) is 6.16. The summed E-state index contributed by atoms with van der Waals surface area (Å²) in [7, 11) is 0. The fourth-order valence-electron chi connectivity index (χ4n) is 3.12. The third-order valence-corrected chi connectivity index (χ3v) is 5.33. The van der Waals surface area contributed by atoms with Gasteiger partial charge in [-0.25, -0.2) is 0 Å². The van der Waals surface area contributed by atoms with E-state index < -0.39 is 0 Å². The minimum absolute atomic E-state index is 0.619. The second-order valence-corrected chi connectivity index (χ2v) is 6.58. The Morgan fingerprint density at radius 3 is 2.78 bits per heavy atom. The number of piperidine rings is 1. The highest BCUT2D eigenvalue weighted by atomic mass is 32.2. The molecule has 2 nitrogen and oxygen atoms in total. The zero-order valence-electron chi connectivity index (χ0n) is 11.1. The molecule has 1 atom stereocenters. The molecule has 1 aromatic carbocycles. The average molecular weight is 262 g/mol. The SMILES string of the molecule is CSC1CCN(CC2Cc3ccccc3N2)CC1. The fourth-order valence-corrected chi connectivity index (χ4v) is 3.81. The fraction of sp³-hybridized carbons (Fsp3) is 0.600. The Morgan fingerprint density at radius 2 is 2.06 bits per heavy atom. The van der Waals surface area contributed by atoms with Gasteiger partial charge in [-0.05, 0) is 50.2 Å². The highest BCUT2D eigenvalue weighted by Gasteiger charge is 2.24. The van der Waals surface area contributed by atoms with Gasteiger partial charge in [0, 0.05) is 23.5 Å². The molecule has 0 bridgehead atoms. The number of benzene rings is 1. The molecule has 1 fully saturated rings. The molecule has 1 saturated heterocycles. The lowest BCUT2D eigenvalue weighted by Crippen LogP contribution is -2.41. The first-order chi connectivity index (χ1) is 8.85. The summed E-state index contributed by atoms with van der Waals surface area (Å²) >= 11 is 2.04. The van der Waals surface area contributed by atoms with Gasteiger partial charge in [-0.15, -0.1) is 0 Å². The van der Waals surface area contributed by atoms with Crippen LogP contribution in [0.3, 0.4) is 0 Å². The number of thioether (sulfide) groups is 1. The summed E-state index contributed by atoms with van der Waals surface area (Å²) in [5.41, 5.74) is 2.84. The lowest BCUT2D eigenvalue weighted by molar-refractivity contribution is 0.225. The molecule has 3 heteroatoms. The number of fused-ring (bicyclic) bond motifs is 1. The van der Waals surface area contributed by atoms with Gasteiger partial charge in [0.1, 0.15) is 0 Å². The quantitative estimate of drug-likeness (QED) is 0.902. The van der Waals surface area contributed by atoms with Crippen molar-refractivity contribution in [1.29, 1.82) is 0 Å². The molecule has 2 aliphatic heterocycles. The zero-order chi connectivity index (χ0) is 12.4. The Morgan fingerprint density at radius 1 is 1.28 bits per heavy atom. The molecule has 2 heterocycles. The first-order valence-electron chi connectivity index (χ1n) is 6.95. The number of hydrogen-bond acceptors (Lipinski definition) is 3. The van der Waals surface area contributed by atoms with Crippen molar-refractivity contribution in [3.63, 3.8) is 0 Å². The maximum absolute atomic E-state index is 3.66. The van der Waals surface area contributed by atoms with E-state index >= 15 is 0 Å². The lowest BCUT2D eigenvalue weighted by Gasteiger charge is -2.32. The molecular formula is C15H22N2S. The van der Waals surface area contributed by atoms with E-state index in [0.717, 1.165) is 5.25 Å². The first kappa shape index (κ1) is 12.4. The van der Waals surface area contributed by atoms with Crippen LogP contribution in [-0.2, 0) is 6.42 Å². The Labute approximate surface area is 114 Å². The Balaban J connectivity index is 1.51. The van der Waals surface area contributed by atoms with Crippen LogP contribution in [0.15, 0.2) is 24.3 Å². The van der Waals surface area contributed by atoms with Gasteiger partial charge in [0.05, 0.1) is 0 Å². The molecule has 0 spiro atoms. The summed E-state index contributed by atoms with van der Waals surface area (Å²) in [5.74, 6) is 0. The lowest BCUT2D eigenvalue weighted by atomic mass is 10.1. The summed E-state index contributed by atoms with van der Waals surface area (Å²) in [5, 5.41) is 4.56. The summed E-state index contributed by atoms with van der Waals surface area (Å²) in [6, 6.07) is 9.34. The molecule has 1 unspecified atom stereocenters. The van der Waals surface area contributed by atoms with Crippen LogP contribution in [0.2, 0.25) is 0 Å². The van der Waals surface area contributed by atoms with Crippen molar-refractivity contribution >= 4 is 17.4 Å². The minimum atomic E-state index is 0.619. The van der Waals surface area contributed by atoms with E-state index in [-0.39, 0.29) is 0 Å². The molecule has 0 amide bonds. The molecule has 0 aliphatic carbocycles. The highest BCUT2D eigenvalue weighted by molar-refractivity contribution is 7.99. The van der Waals surface area contributed by atoms with Crippen molar-refractivity contribution in [3.05, 3.63) is 29.8 Å². The number of para-hydroxylation sites is 1. The molecule has 18 heavy (non-hydrogen) atoms. The summed E-state index contributed by atoms with van der Waals surface area (Å²) in [4.78, 5) is 2.64. The molecule has 1 N–H and O–H groups in total. The van der Waals surface area contributed by atoms with Gasteiger partial charge in [0.25, 0.3) is 0 Å². The van der Waals surface area contributed by atoms with Crippen LogP contribution in [0, 0.1) is 0 Å². The van der Waals surface area contributed by atoms with E-state index in [0.29, 0.717) is 6.04 Å². The summed E-state index contributed by atoms with van der Waals surface area (Å²) in [6.45, 7) is 3.76. The van der Waals surface area contributed by atoms with Crippen LogP contribution in [0.1, 0.15) is 18.4 Å². The van der Waals surface area contributed by atoms with Gasteiger partial charge in [0.15, 0.2) is 0 Å². The normalized spacial score (nSPS) is 24.8. The number of anilines is 1. The second-order valence-electron chi connectivity index (χ2n) is 5.44. The topological polar surface area (TPSA) is 15.3 Å². The Bertz CT molecular complexity index is 374. The van der Waals surface area contributed by atoms with E-state index in [1.165, 1.54) is 50.1 Å². The van der Waals surface area contributed by atoms with E-state index in [2.05, 4.69) is 40.7 Å². The molecule has 0 aromatic heterocycles. The third-order valence-electron chi connectivity index (χ3n) is 4.19. The zero-order valence-corrected chi connectivity index (χ0v) is 11.9.